The van der Waals surface area contributed by atoms with Crippen molar-refractivity contribution in [3.05, 3.63) is 36.5 Å². The van der Waals surface area contributed by atoms with Crippen molar-refractivity contribution in [3.63, 3.8) is 0 Å². The molecule has 1 fully saturated rings. The van der Waals surface area contributed by atoms with Crippen LogP contribution >= 0.6 is 0 Å². The molecule has 112 valence electrons. The van der Waals surface area contributed by atoms with Crippen molar-refractivity contribution in [2.75, 3.05) is 4.72 Å². The van der Waals surface area contributed by atoms with Crippen LogP contribution in [0.2, 0.25) is 0 Å². The first kappa shape index (κ1) is 14.1. The van der Waals surface area contributed by atoms with E-state index in [1.54, 1.807) is 12.3 Å². The Morgan fingerprint density at radius 2 is 1.95 bits per heavy atom. The van der Waals surface area contributed by atoms with Crippen molar-refractivity contribution in [2.24, 2.45) is 0 Å². The summed E-state index contributed by atoms with van der Waals surface area (Å²) in [6.07, 6.45) is 6.33. The van der Waals surface area contributed by atoms with Gasteiger partial charge in [-0.2, -0.15) is 5.10 Å². The summed E-state index contributed by atoms with van der Waals surface area (Å²) in [7, 11) is -3.30. The third-order valence-electron chi connectivity index (χ3n) is 3.93. The number of sulfonamides is 1. The summed E-state index contributed by atoms with van der Waals surface area (Å²) in [6.45, 7) is 0. The summed E-state index contributed by atoms with van der Waals surface area (Å²) in [5, 5.41) is 6.53. The standard InChI is InChI=1S/C15H19N3O2S/c19-21(20,14-7-2-1-3-8-14)18-13-6-4-5-12(11-13)15-9-10-16-17-15/h4-6,9-11,14,18H,1-3,7-8H2,(H,16,17). The van der Waals surface area contributed by atoms with Crippen LogP contribution in [-0.2, 0) is 10.0 Å². The van der Waals surface area contributed by atoms with Gasteiger partial charge in [0, 0.05) is 17.4 Å². The van der Waals surface area contributed by atoms with Gasteiger partial charge < -0.3 is 0 Å². The molecule has 0 amide bonds. The predicted molar refractivity (Wildman–Crippen MR) is 83.4 cm³/mol. The van der Waals surface area contributed by atoms with Crippen molar-refractivity contribution >= 4 is 15.7 Å². The normalized spacial score (nSPS) is 16.8. The highest BCUT2D eigenvalue weighted by atomic mass is 32.2. The molecule has 6 heteroatoms. The van der Waals surface area contributed by atoms with Gasteiger partial charge in [-0.3, -0.25) is 9.82 Å². The van der Waals surface area contributed by atoms with Crippen LogP contribution in [0, 0.1) is 0 Å². The highest BCUT2D eigenvalue weighted by Crippen LogP contribution is 2.26. The van der Waals surface area contributed by atoms with E-state index in [1.165, 1.54) is 0 Å². The van der Waals surface area contributed by atoms with Crippen molar-refractivity contribution < 1.29 is 8.42 Å². The number of hydrogen-bond donors (Lipinski definition) is 2. The minimum absolute atomic E-state index is 0.262. The highest BCUT2D eigenvalue weighted by molar-refractivity contribution is 7.93. The third-order valence-corrected chi connectivity index (χ3v) is 5.79. The largest absolute Gasteiger partial charge is 0.283 e. The monoisotopic (exact) mass is 305 g/mol. The first-order valence-corrected chi connectivity index (χ1v) is 8.81. The molecule has 2 aromatic rings. The highest BCUT2D eigenvalue weighted by Gasteiger charge is 2.27. The lowest BCUT2D eigenvalue weighted by molar-refractivity contribution is 0.486. The Balaban J connectivity index is 1.80. The summed E-state index contributed by atoms with van der Waals surface area (Å²) in [5.41, 5.74) is 2.39. The van der Waals surface area contributed by atoms with Gasteiger partial charge in [0.05, 0.1) is 10.9 Å². The van der Waals surface area contributed by atoms with E-state index in [2.05, 4.69) is 14.9 Å². The Bertz CT molecular complexity index is 689. The fraction of sp³-hybridized carbons (Fsp3) is 0.400. The Morgan fingerprint density at radius 1 is 1.14 bits per heavy atom. The first-order chi connectivity index (χ1) is 10.1. The summed E-state index contributed by atoms with van der Waals surface area (Å²) in [4.78, 5) is 0. The van der Waals surface area contributed by atoms with E-state index >= 15 is 0 Å². The molecule has 1 heterocycles. The van der Waals surface area contributed by atoms with Gasteiger partial charge in [0.1, 0.15) is 0 Å². The second-order valence-corrected chi connectivity index (χ2v) is 7.42. The van der Waals surface area contributed by atoms with E-state index in [9.17, 15) is 8.42 Å². The lowest BCUT2D eigenvalue weighted by atomic mass is 10.0. The number of H-pyrrole nitrogens is 1. The molecular formula is C15H19N3O2S. The van der Waals surface area contributed by atoms with Crippen LogP contribution in [0.4, 0.5) is 5.69 Å². The predicted octanol–water partition coefficient (Wildman–Crippen LogP) is 3.15. The van der Waals surface area contributed by atoms with Gasteiger partial charge in [-0.1, -0.05) is 31.4 Å². The fourth-order valence-corrected chi connectivity index (χ4v) is 4.37. The SMILES string of the molecule is O=S(=O)(Nc1cccc(-c2ccn[nH]2)c1)C1CCCCC1. The molecular weight excluding hydrogens is 286 g/mol. The minimum atomic E-state index is -3.30. The maximum Gasteiger partial charge on any atom is 0.235 e. The third kappa shape index (κ3) is 3.26. The zero-order valence-electron chi connectivity index (χ0n) is 11.7. The second kappa shape index (κ2) is 5.89. The van der Waals surface area contributed by atoms with Crippen LogP contribution in [0.5, 0.6) is 0 Å². The number of nitrogens with one attached hydrogen (secondary N) is 2. The lowest BCUT2D eigenvalue weighted by Crippen LogP contribution is -2.29. The summed E-state index contributed by atoms with van der Waals surface area (Å²) in [5.74, 6) is 0. The molecule has 0 unspecified atom stereocenters. The molecule has 0 saturated heterocycles. The molecule has 1 aliphatic carbocycles. The number of anilines is 1. The molecule has 1 aromatic heterocycles. The molecule has 0 spiro atoms. The van der Waals surface area contributed by atoms with Crippen molar-refractivity contribution in [2.45, 2.75) is 37.4 Å². The van der Waals surface area contributed by atoms with Gasteiger partial charge in [-0.25, -0.2) is 8.42 Å². The quantitative estimate of drug-likeness (QED) is 0.911. The number of nitrogens with zero attached hydrogens (tertiary/aromatic N) is 1. The van der Waals surface area contributed by atoms with Crippen LogP contribution in [0.1, 0.15) is 32.1 Å². The Labute approximate surface area is 124 Å². The van der Waals surface area contributed by atoms with E-state index < -0.39 is 10.0 Å². The van der Waals surface area contributed by atoms with E-state index in [0.717, 1.165) is 43.4 Å². The molecule has 5 nitrogen and oxygen atoms in total. The van der Waals surface area contributed by atoms with E-state index in [4.69, 9.17) is 0 Å². The maximum atomic E-state index is 12.4. The molecule has 0 aliphatic heterocycles. The van der Waals surface area contributed by atoms with Gasteiger partial charge in [0.2, 0.25) is 10.0 Å². The minimum Gasteiger partial charge on any atom is -0.283 e. The smallest absolute Gasteiger partial charge is 0.235 e. The molecule has 0 radical (unpaired) electrons. The molecule has 3 rings (SSSR count). The van der Waals surface area contributed by atoms with Gasteiger partial charge in [-0.15, -0.1) is 0 Å². The average molecular weight is 305 g/mol. The van der Waals surface area contributed by atoms with Crippen LogP contribution in [0.25, 0.3) is 11.3 Å². The van der Waals surface area contributed by atoms with Crippen LogP contribution in [-0.4, -0.2) is 23.9 Å². The number of aromatic nitrogens is 2. The number of hydrogen-bond acceptors (Lipinski definition) is 3. The van der Waals surface area contributed by atoms with Gasteiger partial charge in [0.25, 0.3) is 0 Å². The fourth-order valence-electron chi connectivity index (χ4n) is 2.79. The van der Waals surface area contributed by atoms with Crippen LogP contribution in [0.3, 0.4) is 0 Å². The number of rotatable bonds is 4. The van der Waals surface area contributed by atoms with Crippen molar-refractivity contribution in [1.29, 1.82) is 0 Å². The van der Waals surface area contributed by atoms with Crippen molar-refractivity contribution in [3.8, 4) is 11.3 Å². The first-order valence-electron chi connectivity index (χ1n) is 7.26. The van der Waals surface area contributed by atoms with E-state index in [1.807, 2.05) is 24.3 Å². The van der Waals surface area contributed by atoms with Crippen LogP contribution < -0.4 is 4.72 Å². The Morgan fingerprint density at radius 3 is 2.67 bits per heavy atom. The molecule has 0 bridgehead atoms. The molecule has 2 N–H and O–H groups in total. The summed E-state index contributed by atoms with van der Waals surface area (Å²) in [6, 6.07) is 9.23. The Hall–Kier alpha value is -1.82. The molecule has 1 saturated carbocycles. The molecule has 21 heavy (non-hydrogen) atoms. The van der Waals surface area contributed by atoms with E-state index in [0.29, 0.717) is 5.69 Å². The number of benzene rings is 1. The van der Waals surface area contributed by atoms with Gasteiger partial charge in [-0.05, 0) is 31.0 Å². The van der Waals surface area contributed by atoms with Crippen molar-refractivity contribution in [1.82, 2.24) is 10.2 Å². The van der Waals surface area contributed by atoms with E-state index in [-0.39, 0.29) is 5.25 Å². The molecule has 1 aromatic carbocycles. The molecule has 1 aliphatic rings. The van der Waals surface area contributed by atoms with Crippen LogP contribution in [0.15, 0.2) is 36.5 Å². The number of aromatic amines is 1. The second-order valence-electron chi connectivity index (χ2n) is 5.46. The lowest BCUT2D eigenvalue weighted by Gasteiger charge is -2.22. The Kier molecular flexibility index (Phi) is 3.96. The maximum absolute atomic E-state index is 12.4. The topological polar surface area (TPSA) is 74.8 Å². The summed E-state index contributed by atoms with van der Waals surface area (Å²) >= 11 is 0. The summed E-state index contributed by atoms with van der Waals surface area (Å²) < 4.78 is 27.6. The van der Waals surface area contributed by atoms with Gasteiger partial charge in [0.15, 0.2) is 0 Å². The average Bonchev–Trinajstić information content (AvgIpc) is 3.02. The zero-order valence-corrected chi connectivity index (χ0v) is 12.6. The molecule has 0 atom stereocenters. The zero-order chi connectivity index (χ0) is 14.7. The van der Waals surface area contributed by atoms with Gasteiger partial charge >= 0.3 is 0 Å².